The van der Waals surface area contributed by atoms with Gasteiger partial charge in [-0.15, -0.1) is 0 Å². The predicted octanol–water partition coefficient (Wildman–Crippen LogP) is 2.98. The Morgan fingerprint density at radius 2 is 1.75 bits per heavy atom. The quantitative estimate of drug-likeness (QED) is 0.670. The Morgan fingerprint density at radius 1 is 1.11 bits per heavy atom. The third-order valence-corrected chi connectivity index (χ3v) is 8.22. The summed E-state index contributed by atoms with van der Waals surface area (Å²) in [6.07, 6.45) is 7.03. The summed E-state index contributed by atoms with van der Waals surface area (Å²) < 4.78 is 28.0. The number of carbonyl (C=O) groups is 1. The molecular formula is C20H30BrN3O3S. The van der Waals surface area contributed by atoms with Crippen LogP contribution >= 0.6 is 15.9 Å². The van der Waals surface area contributed by atoms with Gasteiger partial charge in [-0.1, -0.05) is 47.7 Å². The van der Waals surface area contributed by atoms with Crippen molar-refractivity contribution >= 4 is 31.9 Å². The Hall–Kier alpha value is -0.960. The number of halogens is 1. The fourth-order valence-electron chi connectivity index (χ4n) is 4.02. The van der Waals surface area contributed by atoms with Gasteiger partial charge in [0, 0.05) is 36.7 Å². The number of piperazine rings is 1. The highest BCUT2D eigenvalue weighted by molar-refractivity contribution is 9.10. The van der Waals surface area contributed by atoms with Crippen LogP contribution in [0.15, 0.2) is 33.6 Å². The second kappa shape index (κ2) is 9.69. The van der Waals surface area contributed by atoms with E-state index in [9.17, 15) is 13.2 Å². The summed E-state index contributed by atoms with van der Waals surface area (Å²) >= 11 is 3.33. The van der Waals surface area contributed by atoms with Gasteiger partial charge in [0.05, 0.1) is 10.9 Å². The van der Waals surface area contributed by atoms with E-state index in [0.717, 1.165) is 17.3 Å². The van der Waals surface area contributed by atoms with E-state index in [-0.39, 0.29) is 18.0 Å². The maximum absolute atomic E-state index is 12.9. The lowest BCUT2D eigenvalue weighted by molar-refractivity contribution is -0.127. The molecule has 1 saturated heterocycles. The summed E-state index contributed by atoms with van der Waals surface area (Å²) in [7, 11) is -3.50. The molecule has 8 heteroatoms. The number of sulfonamides is 1. The van der Waals surface area contributed by atoms with E-state index in [1.807, 2.05) is 13.0 Å². The normalized spacial score (nSPS) is 21.8. The van der Waals surface area contributed by atoms with Crippen molar-refractivity contribution in [1.29, 1.82) is 0 Å². The van der Waals surface area contributed by atoms with Crippen LogP contribution in [0.1, 0.15) is 45.4 Å². The van der Waals surface area contributed by atoms with Gasteiger partial charge in [-0.05, 0) is 38.0 Å². The molecule has 1 aliphatic heterocycles. The number of nitrogens with one attached hydrogen (secondary N) is 1. The molecular weight excluding hydrogens is 442 g/mol. The molecule has 0 unspecified atom stereocenters. The summed E-state index contributed by atoms with van der Waals surface area (Å²) in [5.41, 5.74) is 0. The lowest BCUT2D eigenvalue weighted by Gasteiger charge is -2.37. The van der Waals surface area contributed by atoms with Gasteiger partial charge in [-0.25, -0.2) is 8.42 Å². The van der Waals surface area contributed by atoms with E-state index >= 15 is 0 Å². The Labute approximate surface area is 176 Å². The largest absolute Gasteiger partial charge is 0.352 e. The van der Waals surface area contributed by atoms with Gasteiger partial charge >= 0.3 is 0 Å². The number of nitrogens with zero attached hydrogens (tertiary/aromatic N) is 2. The standard InChI is InChI=1S/C20H30BrN3O3S/c1-16(20(25)22-18-8-4-2-3-5-9-18)23-11-13-24(14-12-23)28(26,27)19-10-6-7-17(21)15-19/h6-7,10,15-16,18H,2-5,8-9,11-14H2,1H3,(H,22,25)/t16-/m1/s1. The highest BCUT2D eigenvalue weighted by Crippen LogP contribution is 2.22. The number of amides is 1. The topological polar surface area (TPSA) is 69.7 Å². The Balaban J connectivity index is 1.54. The second-order valence-corrected chi connectivity index (χ2v) is 10.6. The van der Waals surface area contributed by atoms with E-state index in [2.05, 4.69) is 26.1 Å². The Bertz CT molecular complexity index is 771. The van der Waals surface area contributed by atoms with E-state index in [4.69, 9.17) is 0 Å². The summed E-state index contributed by atoms with van der Waals surface area (Å²) in [6, 6.07) is 6.84. The molecule has 2 aliphatic rings. The van der Waals surface area contributed by atoms with Crippen LogP contribution in [0.5, 0.6) is 0 Å². The van der Waals surface area contributed by atoms with E-state index in [1.54, 1.807) is 18.2 Å². The second-order valence-electron chi connectivity index (χ2n) is 7.77. The molecule has 2 fully saturated rings. The van der Waals surface area contributed by atoms with Crippen LogP contribution in [-0.2, 0) is 14.8 Å². The molecule has 28 heavy (non-hydrogen) atoms. The number of benzene rings is 1. The van der Waals surface area contributed by atoms with Crippen LogP contribution in [0.3, 0.4) is 0 Å². The van der Waals surface area contributed by atoms with Crippen molar-refractivity contribution in [1.82, 2.24) is 14.5 Å². The molecule has 0 bridgehead atoms. The van der Waals surface area contributed by atoms with Gasteiger partial charge in [0.1, 0.15) is 0 Å². The predicted molar refractivity (Wildman–Crippen MR) is 114 cm³/mol. The number of rotatable bonds is 5. The first kappa shape index (κ1) is 21.7. The molecule has 1 aliphatic carbocycles. The minimum absolute atomic E-state index is 0.0650. The molecule has 6 nitrogen and oxygen atoms in total. The van der Waals surface area contributed by atoms with Crippen LogP contribution in [-0.4, -0.2) is 61.8 Å². The van der Waals surface area contributed by atoms with Crippen LogP contribution < -0.4 is 5.32 Å². The molecule has 1 N–H and O–H groups in total. The van der Waals surface area contributed by atoms with Crippen LogP contribution in [0.25, 0.3) is 0 Å². The molecule has 1 aromatic rings. The van der Waals surface area contributed by atoms with Crippen molar-refractivity contribution in [3.8, 4) is 0 Å². The van der Waals surface area contributed by atoms with E-state index < -0.39 is 10.0 Å². The fourth-order valence-corrected chi connectivity index (χ4v) is 6.04. The van der Waals surface area contributed by atoms with Crippen molar-refractivity contribution in [2.45, 2.75) is 62.4 Å². The van der Waals surface area contributed by atoms with Crippen molar-refractivity contribution in [2.75, 3.05) is 26.2 Å². The molecule has 1 amide bonds. The first-order chi connectivity index (χ1) is 13.4. The highest BCUT2D eigenvalue weighted by Gasteiger charge is 2.32. The summed E-state index contributed by atoms with van der Waals surface area (Å²) in [6.45, 7) is 3.84. The van der Waals surface area contributed by atoms with Crippen molar-refractivity contribution < 1.29 is 13.2 Å². The molecule has 156 valence electrons. The molecule has 1 atom stereocenters. The van der Waals surface area contributed by atoms with Crippen LogP contribution in [0.4, 0.5) is 0 Å². The maximum atomic E-state index is 12.9. The lowest BCUT2D eigenvalue weighted by atomic mass is 10.1. The SMILES string of the molecule is C[C@H](C(=O)NC1CCCCCC1)N1CCN(S(=O)(=O)c2cccc(Br)c2)CC1. The van der Waals surface area contributed by atoms with Gasteiger partial charge < -0.3 is 5.32 Å². The number of carbonyl (C=O) groups excluding carboxylic acids is 1. The zero-order valence-corrected chi connectivity index (χ0v) is 18.8. The minimum atomic E-state index is -3.50. The Kier molecular flexibility index (Phi) is 7.53. The first-order valence-corrected chi connectivity index (χ1v) is 12.4. The van der Waals surface area contributed by atoms with Crippen molar-refractivity contribution in [2.24, 2.45) is 0 Å². The third-order valence-electron chi connectivity index (χ3n) is 5.84. The number of hydrogen-bond acceptors (Lipinski definition) is 4. The zero-order chi connectivity index (χ0) is 20.1. The summed E-state index contributed by atoms with van der Waals surface area (Å²) in [5.74, 6) is 0.0650. The summed E-state index contributed by atoms with van der Waals surface area (Å²) in [4.78, 5) is 15.1. The Morgan fingerprint density at radius 3 is 2.36 bits per heavy atom. The average molecular weight is 472 g/mol. The molecule has 0 aromatic heterocycles. The highest BCUT2D eigenvalue weighted by atomic mass is 79.9. The van der Waals surface area contributed by atoms with Gasteiger partial charge in [-0.2, -0.15) is 4.31 Å². The molecule has 0 radical (unpaired) electrons. The molecule has 1 saturated carbocycles. The number of hydrogen-bond donors (Lipinski definition) is 1. The maximum Gasteiger partial charge on any atom is 0.243 e. The van der Waals surface area contributed by atoms with Crippen molar-refractivity contribution in [3.63, 3.8) is 0 Å². The molecule has 1 aromatic carbocycles. The first-order valence-electron chi connectivity index (χ1n) is 10.2. The smallest absolute Gasteiger partial charge is 0.243 e. The zero-order valence-electron chi connectivity index (χ0n) is 16.4. The van der Waals surface area contributed by atoms with Crippen molar-refractivity contribution in [3.05, 3.63) is 28.7 Å². The lowest BCUT2D eigenvalue weighted by Crippen LogP contribution is -2.55. The molecule has 1 heterocycles. The molecule has 0 spiro atoms. The van der Waals surface area contributed by atoms with Gasteiger partial charge in [0.15, 0.2) is 0 Å². The van der Waals surface area contributed by atoms with Crippen LogP contribution in [0, 0.1) is 0 Å². The van der Waals surface area contributed by atoms with E-state index in [0.29, 0.717) is 31.1 Å². The fraction of sp³-hybridized carbons (Fsp3) is 0.650. The van der Waals surface area contributed by atoms with Crippen LogP contribution in [0.2, 0.25) is 0 Å². The van der Waals surface area contributed by atoms with Gasteiger partial charge in [-0.3, -0.25) is 9.69 Å². The third kappa shape index (κ3) is 5.34. The average Bonchev–Trinajstić information content (AvgIpc) is 2.96. The van der Waals surface area contributed by atoms with Gasteiger partial charge in [0.25, 0.3) is 0 Å². The monoisotopic (exact) mass is 471 g/mol. The van der Waals surface area contributed by atoms with Gasteiger partial charge in [0.2, 0.25) is 15.9 Å². The molecule has 3 rings (SSSR count). The van der Waals surface area contributed by atoms with E-state index in [1.165, 1.54) is 30.0 Å². The minimum Gasteiger partial charge on any atom is -0.352 e. The summed E-state index contributed by atoms with van der Waals surface area (Å²) in [5, 5.41) is 3.21.